The summed E-state index contributed by atoms with van der Waals surface area (Å²) in [6, 6.07) is 0. The van der Waals surface area contributed by atoms with Crippen LogP contribution in [0.2, 0.25) is 0 Å². The van der Waals surface area contributed by atoms with Gasteiger partial charge in [0.25, 0.3) is 0 Å². The van der Waals surface area contributed by atoms with Gasteiger partial charge in [-0.2, -0.15) is 0 Å². The number of Topliss-reactive ketones (excluding diaryl/α,β-unsaturated/α-hetero) is 1. The lowest BCUT2D eigenvalue weighted by Gasteiger charge is -2.27. The van der Waals surface area contributed by atoms with E-state index in [0.29, 0.717) is 0 Å². The fourth-order valence-corrected chi connectivity index (χ4v) is 1.79. The summed E-state index contributed by atoms with van der Waals surface area (Å²) in [5.74, 6) is -4.41. The van der Waals surface area contributed by atoms with Crippen LogP contribution < -0.4 is 0 Å². The average molecular weight is 378 g/mol. The highest BCUT2D eigenvalue weighted by molar-refractivity contribution is 5.92. The molecule has 2 atom stereocenters. The van der Waals surface area contributed by atoms with Crippen LogP contribution in [0.25, 0.3) is 0 Å². The summed E-state index contributed by atoms with van der Waals surface area (Å²) in [7, 11) is 0. The molecule has 0 rings (SSSR count). The molecule has 2 unspecified atom stereocenters. The van der Waals surface area contributed by atoms with Gasteiger partial charge >= 0.3 is 17.9 Å². The number of allylic oxidation sites excluding steroid dienone is 1. The number of hydrogen-bond donors (Lipinski definition) is 2. The van der Waals surface area contributed by atoms with Crippen molar-refractivity contribution in [2.75, 3.05) is 20.2 Å². The molecule has 0 aliphatic rings. The van der Waals surface area contributed by atoms with Crippen molar-refractivity contribution in [1.29, 1.82) is 0 Å². The van der Waals surface area contributed by atoms with Crippen molar-refractivity contribution in [1.82, 2.24) is 0 Å². The van der Waals surface area contributed by atoms with Crippen LogP contribution in [-0.4, -0.2) is 66.3 Å². The first-order valence-electron chi connectivity index (χ1n) is 7.34. The average Bonchev–Trinajstić information content (AvgIpc) is 2.52. The minimum absolute atomic E-state index is 0.511. The van der Waals surface area contributed by atoms with Crippen molar-refractivity contribution in [3.05, 3.63) is 11.5 Å². The predicted octanol–water partition coefficient (Wildman–Crippen LogP) is -0.854. The van der Waals surface area contributed by atoms with Gasteiger partial charge < -0.3 is 33.9 Å². The number of ether oxygens (including phenoxy) is 5. The Hall–Kier alpha value is -2.50. The number of esters is 3. The lowest BCUT2D eigenvalue weighted by atomic mass is 10.1. The topological polar surface area (TPSA) is 155 Å². The second kappa shape index (κ2) is 12.0. The summed E-state index contributed by atoms with van der Waals surface area (Å²) >= 11 is 0. The molecule has 11 nitrogen and oxygen atoms in total. The number of rotatable bonds is 11. The fourth-order valence-electron chi connectivity index (χ4n) is 1.79. The van der Waals surface area contributed by atoms with E-state index in [-0.39, 0.29) is 0 Å². The third kappa shape index (κ3) is 8.55. The molecule has 0 aromatic carbocycles. The normalized spacial score (nSPS) is 13.8. The van der Waals surface area contributed by atoms with Crippen molar-refractivity contribution in [2.24, 2.45) is 0 Å². The summed E-state index contributed by atoms with van der Waals surface area (Å²) in [6.45, 7) is 1.87. The van der Waals surface area contributed by atoms with Crippen molar-refractivity contribution in [2.45, 2.75) is 39.9 Å². The van der Waals surface area contributed by atoms with E-state index in [1.54, 1.807) is 0 Å². The minimum atomic E-state index is -1.60. The molecule has 0 aromatic heterocycles. The summed E-state index contributed by atoms with van der Waals surface area (Å²) < 4.78 is 24.5. The Morgan fingerprint density at radius 2 is 1.46 bits per heavy atom. The zero-order valence-corrected chi connectivity index (χ0v) is 14.8. The van der Waals surface area contributed by atoms with Crippen LogP contribution in [0.3, 0.4) is 0 Å². The Kier molecular flexibility index (Phi) is 10.8. The van der Waals surface area contributed by atoms with Gasteiger partial charge in [0.05, 0.1) is 0 Å². The zero-order chi connectivity index (χ0) is 20.3. The Morgan fingerprint density at radius 1 is 0.846 bits per heavy atom. The van der Waals surface area contributed by atoms with Gasteiger partial charge in [-0.1, -0.05) is 0 Å². The van der Waals surface area contributed by atoms with Gasteiger partial charge in [0.15, 0.2) is 24.4 Å². The Balaban J connectivity index is 6.18. The van der Waals surface area contributed by atoms with Crippen LogP contribution in [-0.2, 0) is 42.9 Å². The van der Waals surface area contributed by atoms with Gasteiger partial charge in [-0.15, -0.1) is 0 Å². The Labute approximate surface area is 149 Å². The van der Waals surface area contributed by atoms with E-state index in [2.05, 4.69) is 0 Å². The summed E-state index contributed by atoms with van der Waals surface area (Å²) in [5.41, 5.74) is 0. The molecule has 11 heteroatoms. The molecule has 148 valence electrons. The monoisotopic (exact) mass is 378 g/mol. The number of aliphatic hydroxyl groups is 2. The molecule has 2 N–H and O–H groups in total. The largest absolute Gasteiger partial charge is 0.463 e. The molecule has 0 amide bonds. The summed E-state index contributed by atoms with van der Waals surface area (Å²) in [5, 5.41) is 18.0. The molecule has 0 aliphatic carbocycles. The zero-order valence-electron chi connectivity index (χ0n) is 14.8. The highest BCUT2D eigenvalue weighted by Crippen LogP contribution is 2.22. The van der Waals surface area contributed by atoms with Gasteiger partial charge in [0.2, 0.25) is 5.76 Å². The van der Waals surface area contributed by atoms with Crippen molar-refractivity contribution < 1.29 is 53.1 Å². The fraction of sp³-hybridized carbons (Fsp3) is 0.600. The molecule has 26 heavy (non-hydrogen) atoms. The molecule has 0 aromatic rings. The molecular weight excluding hydrogens is 356 g/mol. The SMILES string of the molecule is CC(=O)OCC(OCO)C(OC(C)=O)/C(OC(C)=O)=C(\OCO)C(C)=O. The first kappa shape index (κ1) is 23.5. The molecule has 0 saturated carbocycles. The number of ketones is 1. The highest BCUT2D eigenvalue weighted by atomic mass is 16.6. The van der Waals surface area contributed by atoms with Gasteiger partial charge in [-0.25, -0.2) is 0 Å². The maximum absolute atomic E-state index is 11.8. The Bertz CT molecular complexity index is 552. The Morgan fingerprint density at radius 3 is 1.85 bits per heavy atom. The first-order valence-corrected chi connectivity index (χ1v) is 7.34. The van der Waals surface area contributed by atoms with Gasteiger partial charge in [-0.05, 0) is 0 Å². The molecule has 0 fully saturated rings. The number of hydrogen-bond acceptors (Lipinski definition) is 11. The third-order valence-corrected chi connectivity index (χ3v) is 2.63. The van der Waals surface area contributed by atoms with E-state index >= 15 is 0 Å². The van der Waals surface area contributed by atoms with Gasteiger partial charge in [-0.3, -0.25) is 19.2 Å². The van der Waals surface area contributed by atoms with Crippen molar-refractivity contribution >= 4 is 23.7 Å². The van der Waals surface area contributed by atoms with E-state index in [9.17, 15) is 19.2 Å². The molecule has 0 saturated heterocycles. The van der Waals surface area contributed by atoms with Crippen LogP contribution in [0, 0.1) is 0 Å². The van der Waals surface area contributed by atoms with E-state index in [1.807, 2.05) is 0 Å². The summed E-state index contributed by atoms with van der Waals surface area (Å²) in [4.78, 5) is 45.7. The first-order chi connectivity index (χ1) is 12.1. The number of carbonyl (C=O) groups excluding carboxylic acids is 4. The third-order valence-electron chi connectivity index (χ3n) is 2.63. The smallest absolute Gasteiger partial charge is 0.307 e. The second-order valence-electron chi connectivity index (χ2n) is 4.78. The highest BCUT2D eigenvalue weighted by Gasteiger charge is 2.36. The second-order valence-corrected chi connectivity index (χ2v) is 4.78. The lowest BCUT2D eigenvalue weighted by molar-refractivity contribution is -0.174. The predicted molar refractivity (Wildman–Crippen MR) is 81.8 cm³/mol. The molecule has 0 spiro atoms. The van der Waals surface area contributed by atoms with E-state index in [4.69, 9.17) is 33.9 Å². The lowest BCUT2D eigenvalue weighted by Crippen LogP contribution is -2.41. The minimum Gasteiger partial charge on any atom is -0.463 e. The van der Waals surface area contributed by atoms with Crippen LogP contribution in [0.15, 0.2) is 11.5 Å². The van der Waals surface area contributed by atoms with Crippen molar-refractivity contribution in [3.8, 4) is 0 Å². The molecule has 0 bridgehead atoms. The maximum atomic E-state index is 11.8. The van der Waals surface area contributed by atoms with Crippen LogP contribution in [0.1, 0.15) is 27.7 Å². The quantitative estimate of drug-likeness (QED) is 0.152. The van der Waals surface area contributed by atoms with E-state index < -0.39 is 67.6 Å². The van der Waals surface area contributed by atoms with Crippen LogP contribution in [0.5, 0.6) is 0 Å². The molecule has 0 radical (unpaired) electrons. The van der Waals surface area contributed by atoms with Crippen LogP contribution in [0.4, 0.5) is 0 Å². The number of aliphatic hydroxyl groups excluding tert-OH is 2. The summed E-state index contributed by atoms with van der Waals surface area (Å²) in [6.07, 6.45) is -2.95. The van der Waals surface area contributed by atoms with Crippen molar-refractivity contribution in [3.63, 3.8) is 0 Å². The van der Waals surface area contributed by atoms with E-state index in [0.717, 1.165) is 27.7 Å². The molecular formula is C15H22O11. The number of carbonyl (C=O) groups is 4. The molecule has 0 aliphatic heterocycles. The van der Waals surface area contributed by atoms with Gasteiger partial charge in [0.1, 0.15) is 19.5 Å². The van der Waals surface area contributed by atoms with E-state index in [1.165, 1.54) is 0 Å². The standard InChI is InChI=1S/C15H22O11/c1-8(18)13(24-7-17)15(26-11(4)21)14(25-10(3)20)12(23-6-16)5-22-9(2)19/h12,14,16-17H,5-7H2,1-4H3/b15-13+. The molecule has 0 heterocycles. The van der Waals surface area contributed by atoms with Gasteiger partial charge in [0, 0.05) is 27.7 Å². The van der Waals surface area contributed by atoms with Crippen LogP contribution >= 0.6 is 0 Å². The maximum Gasteiger partial charge on any atom is 0.307 e.